The summed E-state index contributed by atoms with van der Waals surface area (Å²) in [5.41, 5.74) is 1.92. The number of benzene rings is 1. The Kier molecular flexibility index (Phi) is 4.39. The van der Waals surface area contributed by atoms with E-state index < -0.39 is 0 Å². The second-order valence-corrected chi connectivity index (χ2v) is 5.49. The summed E-state index contributed by atoms with van der Waals surface area (Å²) in [7, 11) is 0. The Hall–Kier alpha value is -0.620. The van der Waals surface area contributed by atoms with E-state index in [2.05, 4.69) is 27.9 Å². The Bertz CT molecular complexity index is 414. The van der Waals surface area contributed by atoms with Crippen molar-refractivity contribution >= 4 is 28.5 Å². The van der Waals surface area contributed by atoms with Gasteiger partial charge in [0.1, 0.15) is 0 Å². The topological polar surface area (TPSA) is 38.3 Å². The number of rotatable bonds is 3. The number of carbonyl (C=O) groups excluding carboxylic acids is 1. The first-order valence-electron chi connectivity index (χ1n) is 5.83. The Morgan fingerprint density at radius 1 is 1.59 bits per heavy atom. The third kappa shape index (κ3) is 3.42. The lowest BCUT2D eigenvalue weighted by Gasteiger charge is -2.11. The number of ether oxygens (including phenoxy) is 1. The highest BCUT2D eigenvalue weighted by Crippen LogP contribution is 2.15. The molecule has 1 saturated heterocycles. The predicted octanol–water partition coefficient (Wildman–Crippen LogP) is 2.51. The molecule has 17 heavy (non-hydrogen) atoms. The first kappa shape index (κ1) is 12.8. The van der Waals surface area contributed by atoms with Gasteiger partial charge in [0, 0.05) is 16.7 Å². The van der Waals surface area contributed by atoms with E-state index >= 15 is 0 Å². The zero-order valence-electron chi connectivity index (χ0n) is 9.83. The average Bonchev–Trinajstić information content (AvgIpc) is 2.78. The standard InChI is InChI=1S/C13H16INO2/c1-9-4-5-11(12(14)7-9)13(16)15-8-10-3-2-6-17-10/h4-5,7,10H,2-3,6,8H2,1H3,(H,15,16). The summed E-state index contributed by atoms with van der Waals surface area (Å²) in [6.07, 6.45) is 2.34. The average molecular weight is 345 g/mol. The quantitative estimate of drug-likeness (QED) is 0.855. The van der Waals surface area contributed by atoms with E-state index in [-0.39, 0.29) is 12.0 Å². The second kappa shape index (κ2) is 5.82. The number of nitrogens with one attached hydrogen (secondary N) is 1. The number of amides is 1. The van der Waals surface area contributed by atoms with Gasteiger partial charge in [0.25, 0.3) is 5.91 Å². The van der Waals surface area contributed by atoms with Gasteiger partial charge in [-0.15, -0.1) is 0 Å². The van der Waals surface area contributed by atoms with Gasteiger partial charge >= 0.3 is 0 Å². The minimum atomic E-state index is -0.00935. The van der Waals surface area contributed by atoms with Crippen molar-refractivity contribution in [2.45, 2.75) is 25.9 Å². The molecule has 1 aromatic carbocycles. The highest BCUT2D eigenvalue weighted by molar-refractivity contribution is 14.1. The Labute approximate surface area is 115 Å². The first-order valence-corrected chi connectivity index (χ1v) is 6.90. The van der Waals surface area contributed by atoms with E-state index in [4.69, 9.17) is 4.74 Å². The summed E-state index contributed by atoms with van der Waals surface area (Å²) in [4.78, 5) is 12.0. The Morgan fingerprint density at radius 3 is 3.06 bits per heavy atom. The maximum atomic E-state index is 12.0. The van der Waals surface area contributed by atoms with Gasteiger partial charge in [-0.05, 0) is 54.5 Å². The molecule has 1 aromatic rings. The molecule has 0 radical (unpaired) electrons. The lowest BCUT2D eigenvalue weighted by Crippen LogP contribution is -2.32. The molecule has 1 atom stereocenters. The SMILES string of the molecule is Cc1ccc(C(=O)NCC2CCCO2)c(I)c1. The summed E-state index contributed by atoms with van der Waals surface area (Å²) in [5, 5.41) is 2.93. The summed E-state index contributed by atoms with van der Waals surface area (Å²) < 4.78 is 6.46. The molecule has 0 saturated carbocycles. The van der Waals surface area contributed by atoms with Crippen molar-refractivity contribution < 1.29 is 9.53 Å². The van der Waals surface area contributed by atoms with Crippen molar-refractivity contribution in [2.24, 2.45) is 0 Å². The van der Waals surface area contributed by atoms with Crippen molar-refractivity contribution in [3.8, 4) is 0 Å². The van der Waals surface area contributed by atoms with Crippen molar-refractivity contribution in [2.75, 3.05) is 13.2 Å². The molecule has 1 unspecified atom stereocenters. The van der Waals surface area contributed by atoms with Crippen LogP contribution in [0.4, 0.5) is 0 Å². The van der Waals surface area contributed by atoms with Crippen LogP contribution in [0.1, 0.15) is 28.8 Å². The van der Waals surface area contributed by atoms with Gasteiger partial charge in [0.05, 0.1) is 11.7 Å². The van der Waals surface area contributed by atoms with Crippen molar-refractivity contribution in [3.05, 3.63) is 32.9 Å². The fraction of sp³-hybridized carbons (Fsp3) is 0.462. The van der Waals surface area contributed by atoms with Crippen LogP contribution in [-0.4, -0.2) is 25.2 Å². The fourth-order valence-corrected chi connectivity index (χ4v) is 2.83. The van der Waals surface area contributed by atoms with Crippen LogP contribution in [0, 0.1) is 10.5 Å². The molecule has 1 amide bonds. The maximum Gasteiger partial charge on any atom is 0.252 e. The van der Waals surface area contributed by atoms with Crippen LogP contribution in [0.25, 0.3) is 0 Å². The van der Waals surface area contributed by atoms with E-state index in [0.717, 1.165) is 28.6 Å². The number of hydrogen-bond acceptors (Lipinski definition) is 2. The molecule has 92 valence electrons. The Balaban J connectivity index is 1.94. The third-order valence-corrected chi connectivity index (χ3v) is 3.78. The van der Waals surface area contributed by atoms with Gasteiger partial charge in [0.2, 0.25) is 0 Å². The third-order valence-electron chi connectivity index (χ3n) is 2.88. The molecule has 0 aromatic heterocycles. The van der Waals surface area contributed by atoms with Crippen LogP contribution in [0.15, 0.2) is 18.2 Å². The smallest absolute Gasteiger partial charge is 0.252 e. The molecule has 0 aliphatic carbocycles. The van der Waals surface area contributed by atoms with E-state index in [0.29, 0.717) is 6.54 Å². The van der Waals surface area contributed by atoms with E-state index in [1.807, 2.05) is 25.1 Å². The zero-order valence-corrected chi connectivity index (χ0v) is 12.0. The van der Waals surface area contributed by atoms with E-state index in [1.165, 1.54) is 5.56 Å². The summed E-state index contributed by atoms with van der Waals surface area (Å²) in [6, 6.07) is 5.85. The number of hydrogen-bond donors (Lipinski definition) is 1. The molecule has 1 aliphatic rings. The molecule has 3 nitrogen and oxygen atoms in total. The fourth-order valence-electron chi connectivity index (χ4n) is 1.91. The molecule has 0 bridgehead atoms. The lowest BCUT2D eigenvalue weighted by atomic mass is 10.1. The van der Waals surface area contributed by atoms with Gasteiger partial charge in [-0.2, -0.15) is 0 Å². The molecule has 1 aliphatic heterocycles. The van der Waals surface area contributed by atoms with Crippen LogP contribution < -0.4 is 5.32 Å². The molecular weight excluding hydrogens is 329 g/mol. The highest BCUT2D eigenvalue weighted by atomic mass is 127. The molecular formula is C13H16INO2. The minimum absolute atomic E-state index is 0.00935. The molecule has 2 rings (SSSR count). The van der Waals surface area contributed by atoms with Gasteiger partial charge in [-0.25, -0.2) is 0 Å². The predicted molar refractivity (Wildman–Crippen MR) is 75.2 cm³/mol. The Morgan fingerprint density at radius 2 is 2.41 bits per heavy atom. The molecule has 1 heterocycles. The molecule has 1 fully saturated rings. The van der Waals surface area contributed by atoms with Gasteiger partial charge < -0.3 is 10.1 Å². The largest absolute Gasteiger partial charge is 0.376 e. The van der Waals surface area contributed by atoms with E-state index in [1.54, 1.807) is 0 Å². The maximum absolute atomic E-state index is 12.0. The normalized spacial score (nSPS) is 19.3. The van der Waals surface area contributed by atoms with Crippen LogP contribution in [0.3, 0.4) is 0 Å². The van der Waals surface area contributed by atoms with Gasteiger partial charge in [-0.3, -0.25) is 4.79 Å². The lowest BCUT2D eigenvalue weighted by molar-refractivity contribution is 0.0857. The van der Waals surface area contributed by atoms with Gasteiger partial charge in [0.15, 0.2) is 0 Å². The minimum Gasteiger partial charge on any atom is -0.376 e. The first-order chi connectivity index (χ1) is 8.16. The van der Waals surface area contributed by atoms with Crippen molar-refractivity contribution in [1.29, 1.82) is 0 Å². The van der Waals surface area contributed by atoms with E-state index in [9.17, 15) is 4.79 Å². The second-order valence-electron chi connectivity index (χ2n) is 4.33. The van der Waals surface area contributed by atoms with Crippen LogP contribution in [0.2, 0.25) is 0 Å². The number of halogens is 1. The van der Waals surface area contributed by atoms with Crippen molar-refractivity contribution in [3.63, 3.8) is 0 Å². The highest BCUT2D eigenvalue weighted by Gasteiger charge is 2.17. The molecule has 0 spiro atoms. The summed E-state index contributed by atoms with van der Waals surface area (Å²) in [5.74, 6) is -0.00935. The number of aryl methyl sites for hydroxylation is 1. The summed E-state index contributed by atoms with van der Waals surface area (Å²) >= 11 is 2.20. The zero-order chi connectivity index (χ0) is 12.3. The summed E-state index contributed by atoms with van der Waals surface area (Å²) in [6.45, 7) is 3.46. The van der Waals surface area contributed by atoms with Crippen LogP contribution >= 0.6 is 22.6 Å². The van der Waals surface area contributed by atoms with Gasteiger partial charge in [-0.1, -0.05) is 11.6 Å². The molecule has 4 heteroatoms. The number of carbonyl (C=O) groups is 1. The van der Waals surface area contributed by atoms with Crippen LogP contribution in [0.5, 0.6) is 0 Å². The van der Waals surface area contributed by atoms with Crippen molar-refractivity contribution in [1.82, 2.24) is 5.32 Å². The monoisotopic (exact) mass is 345 g/mol. The van der Waals surface area contributed by atoms with Crippen LogP contribution in [-0.2, 0) is 4.74 Å². The molecule has 1 N–H and O–H groups in total.